The SMILES string of the molecule is NCCCn1nncc1C(=O)O. The number of nitrogens with two attached hydrogens (primary N) is 1. The Bertz CT molecular complexity index is 270. The molecule has 0 radical (unpaired) electrons. The summed E-state index contributed by atoms with van der Waals surface area (Å²) < 4.78 is 1.33. The maximum absolute atomic E-state index is 10.5. The smallest absolute Gasteiger partial charge is 0.355 e. The standard InChI is InChI=1S/C6H10N4O2/c7-2-1-3-10-5(6(11)12)4-8-9-10/h4H,1-3,7H2,(H,11,12). The molecule has 1 rings (SSSR count). The van der Waals surface area contributed by atoms with Crippen molar-refractivity contribution in [2.24, 2.45) is 5.73 Å². The molecule has 0 spiro atoms. The second kappa shape index (κ2) is 3.82. The average molecular weight is 170 g/mol. The van der Waals surface area contributed by atoms with Gasteiger partial charge in [0.1, 0.15) is 0 Å². The summed E-state index contributed by atoms with van der Waals surface area (Å²) in [7, 11) is 0. The Labute approximate surface area is 69.0 Å². The van der Waals surface area contributed by atoms with Gasteiger partial charge in [0.05, 0.1) is 6.20 Å². The summed E-state index contributed by atoms with van der Waals surface area (Å²) in [6.07, 6.45) is 1.92. The van der Waals surface area contributed by atoms with Crippen LogP contribution >= 0.6 is 0 Å². The van der Waals surface area contributed by atoms with Crippen molar-refractivity contribution in [1.82, 2.24) is 15.0 Å². The van der Waals surface area contributed by atoms with Crippen molar-refractivity contribution >= 4 is 5.97 Å². The third-order valence-electron chi connectivity index (χ3n) is 1.41. The predicted molar refractivity (Wildman–Crippen MR) is 40.7 cm³/mol. The van der Waals surface area contributed by atoms with E-state index in [-0.39, 0.29) is 5.69 Å². The molecule has 12 heavy (non-hydrogen) atoms. The largest absolute Gasteiger partial charge is 0.476 e. The number of aromatic carboxylic acids is 1. The first kappa shape index (κ1) is 8.66. The molecule has 6 heteroatoms. The van der Waals surface area contributed by atoms with Crippen LogP contribution in [0.5, 0.6) is 0 Å². The Morgan fingerprint density at radius 1 is 1.75 bits per heavy atom. The second-order valence-corrected chi connectivity index (χ2v) is 2.29. The van der Waals surface area contributed by atoms with E-state index in [1.165, 1.54) is 10.9 Å². The molecule has 1 aromatic rings. The van der Waals surface area contributed by atoms with Gasteiger partial charge in [-0.3, -0.25) is 0 Å². The van der Waals surface area contributed by atoms with Crippen LogP contribution in [0.15, 0.2) is 6.20 Å². The fourth-order valence-electron chi connectivity index (χ4n) is 0.830. The van der Waals surface area contributed by atoms with E-state index < -0.39 is 5.97 Å². The third-order valence-corrected chi connectivity index (χ3v) is 1.41. The van der Waals surface area contributed by atoms with Gasteiger partial charge in [-0.1, -0.05) is 5.21 Å². The van der Waals surface area contributed by atoms with Gasteiger partial charge in [-0.2, -0.15) is 0 Å². The van der Waals surface area contributed by atoms with Crippen LogP contribution in [-0.4, -0.2) is 32.6 Å². The lowest BCUT2D eigenvalue weighted by Crippen LogP contribution is -2.12. The molecule has 0 aliphatic heterocycles. The van der Waals surface area contributed by atoms with Gasteiger partial charge >= 0.3 is 5.97 Å². The Morgan fingerprint density at radius 3 is 3.08 bits per heavy atom. The zero-order valence-electron chi connectivity index (χ0n) is 6.47. The minimum Gasteiger partial charge on any atom is -0.476 e. The number of hydrogen-bond acceptors (Lipinski definition) is 4. The highest BCUT2D eigenvalue weighted by Gasteiger charge is 2.09. The monoisotopic (exact) mass is 170 g/mol. The quantitative estimate of drug-likeness (QED) is 0.624. The van der Waals surface area contributed by atoms with Crippen molar-refractivity contribution in [1.29, 1.82) is 0 Å². The van der Waals surface area contributed by atoms with Gasteiger partial charge in [-0.25, -0.2) is 9.48 Å². The number of carboxylic acid groups (broad SMARTS) is 1. The molecule has 0 aliphatic carbocycles. The molecule has 0 unspecified atom stereocenters. The molecule has 0 aromatic carbocycles. The lowest BCUT2D eigenvalue weighted by Gasteiger charge is -1.99. The van der Waals surface area contributed by atoms with Gasteiger partial charge in [0.2, 0.25) is 0 Å². The molecule has 0 amide bonds. The van der Waals surface area contributed by atoms with Crippen LogP contribution in [-0.2, 0) is 6.54 Å². The minimum atomic E-state index is -1.02. The highest BCUT2D eigenvalue weighted by molar-refractivity contribution is 5.85. The molecule has 1 aromatic heterocycles. The number of aromatic nitrogens is 3. The summed E-state index contributed by atoms with van der Waals surface area (Å²) in [5.41, 5.74) is 5.36. The van der Waals surface area contributed by atoms with E-state index in [0.29, 0.717) is 19.5 Å². The molecule has 0 atom stereocenters. The summed E-state index contributed by atoms with van der Waals surface area (Å²) in [4.78, 5) is 10.5. The lowest BCUT2D eigenvalue weighted by molar-refractivity contribution is 0.0683. The van der Waals surface area contributed by atoms with Gasteiger partial charge in [0.25, 0.3) is 0 Å². The normalized spacial score (nSPS) is 10.1. The highest BCUT2D eigenvalue weighted by Crippen LogP contribution is 1.96. The number of rotatable bonds is 4. The molecule has 0 saturated carbocycles. The van der Waals surface area contributed by atoms with Crippen LogP contribution in [0.1, 0.15) is 16.9 Å². The van der Waals surface area contributed by atoms with Crippen molar-refractivity contribution in [2.75, 3.05) is 6.54 Å². The molecule has 66 valence electrons. The summed E-state index contributed by atoms with van der Waals surface area (Å²) in [6.45, 7) is 1.01. The average Bonchev–Trinajstić information content (AvgIpc) is 2.48. The van der Waals surface area contributed by atoms with E-state index in [4.69, 9.17) is 10.8 Å². The van der Waals surface area contributed by atoms with Crippen molar-refractivity contribution in [2.45, 2.75) is 13.0 Å². The second-order valence-electron chi connectivity index (χ2n) is 2.29. The molecule has 0 bridgehead atoms. The Morgan fingerprint density at radius 2 is 2.50 bits per heavy atom. The number of nitrogens with zero attached hydrogens (tertiary/aromatic N) is 3. The minimum absolute atomic E-state index is 0.100. The van der Waals surface area contributed by atoms with Crippen molar-refractivity contribution < 1.29 is 9.90 Å². The van der Waals surface area contributed by atoms with E-state index in [1.807, 2.05) is 0 Å². The van der Waals surface area contributed by atoms with Crippen LogP contribution in [0, 0.1) is 0 Å². The summed E-state index contributed by atoms with van der Waals surface area (Å²) in [5.74, 6) is -1.02. The molecular formula is C6H10N4O2. The maximum atomic E-state index is 10.5. The van der Waals surface area contributed by atoms with Crippen LogP contribution in [0.25, 0.3) is 0 Å². The topological polar surface area (TPSA) is 94.0 Å². The predicted octanol–water partition coefficient (Wildman–Crippen LogP) is -0.675. The van der Waals surface area contributed by atoms with Gasteiger partial charge in [-0.15, -0.1) is 5.10 Å². The summed E-state index contributed by atoms with van der Waals surface area (Å²) >= 11 is 0. The van der Waals surface area contributed by atoms with Crippen LogP contribution in [0.2, 0.25) is 0 Å². The first-order valence-electron chi connectivity index (χ1n) is 3.57. The van der Waals surface area contributed by atoms with Gasteiger partial charge in [0, 0.05) is 6.54 Å². The summed E-state index contributed by atoms with van der Waals surface area (Å²) in [6, 6.07) is 0. The maximum Gasteiger partial charge on any atom is 0.355 e. The molecule has 0 aliphatic rings. The Hall–Kier alpha value is -1.43. The number of aryl methyl sites for hydroxylation is 1. The van der Waals surface area contributed by atoms with Crippen LogP contribution in [0.4, 0.5) is 0 Å². The molecule has 3 N–H and O–H groups in total. The van der Waals surface area contributed by atoms with E-state index in [9.17, 15) is 4.79 Å². The van der Waals surface area contributed by atoms with Crippen molar-refractivity contribution in [3.63, 3.8) is 0 Å². The van der Waals surface area contributed by atoms with E-state index in [0.717, 1.165) is 0 Å². The van der Waals surface area contributed by atoms with Crippen molar-refractivity contribution in [3.8, 4) is 0 Å². The molecule has 6 nitrogen and oxygen atoms in total. The van der Waals surface area contributed by atoms with Gasteiger partial charge in [-0.05, 0) is 13.0 Å². The van der Waals surface area contributed by atoms with Crippen LogP contribution < -0.4 is 5.73 Å². The molecule has 1 heterocycles. The van der Waals surface area contributed by atoms with E-state index in [1.54, 1.807) is 0 Å². The lowest BCUT2D eigenvalue weighted by atomic mass is 10.4. The fraction of sp³-hybridized carbons (Fsp3) is 0.500. The molecule has 0 fully saturated rings. The number of carbonyl (C=O) groups is 1. The zero-order chi connectivity index (χ0) is 8.97. The first-order valence-corrected chi connectivity index (χ1v) is 3.57. The third kappa shape index (κ3) is 1.79. The fourth-order valence-corrected chi connectivity index (χ4v) is 0.830. The molecule has 0 saturated heterocycles. The van der Waals surface area contributed by atoms with Crippen LogP contribution in [0.3, 0.4) is 0 Å². The zero-order valence-corrected chi connectivity index (χ0v) is 6.47. The summed E-state index contributed by atoms with van der Waals surface area (Å²) in [5, 5.41) is 15.7. The number of hydrogen-bond donors (Lipinski definition) is 2. The highest BCUT2D eigenvalue weighted by atomic mass is 16.4. The Balaban J connectivity index is 2.70. The Kier molecular flexibility index (Phi) is 2.76. The van der Waals surface area contributed by atoms with E-state index >= 15 is 0 Å². The molecular weight excluding hydrogens is 160 g/mol. The first-order chi connectivity index (χ1) is 5.75. The van der Waals surface area contributed by atoms with Gasteiger partial charge in [0.15, 0.2) is 5.69 Å². The van der Waals surface area contributed by atoms with Gasteiger partial charge < -0.3 is 10.8 Å². The van der Waals surface area contributed by atoms with Crippen molar-refractivity contribution in [3.05, 3.63) is 11.9 Å². The van der Waals surface area contributed by atoms with E-state index in [2.05, 4.69) is 10.3 Å². The number of carboxylic acids is 1.